The van der Waals surface area contributed by atoms with Gasteiger partial charge in [0.1, 0.15) is 11.8 Å². The first-order valence-electron chi connectivity index (χ1n) is 6.37. The number of hydrogen-bond donors (Lipinski definition) is 1. The van der Waals surface area contributed by atoms with Crippen LogP contribution < -0.4 is 4.74 Å². The van der Waals surface area contributed by atoms with Crippen LogP contribution in [-0.4, -0.2) is 35.7 Å². The summed E-state index contributed by atoms with van der Waals surface area (Å²) in [6.45, 7) is 0.623. The molecule has 0 radical (unpaired) electrons. The van der Waals surface area contributed by atoms with Gasteiger partial charge in [-0.15, -0.1) is 0 Å². The van der Waals surface area contributed by atoms with Gasteiger partial charge in [0.2, 0.25) is 0 Å². The molecular formula is C14H19F2NO3. The van der Waals surface area contributed by atoms with Gasteiger partial charge in [0, 0.05) is 11.6 Å². The van der Waals surface area contributed by atoms with Gasteiger partial charge in [-0.1, -0.05) is 25.1 Å². The zero-order valence-corrected chi connectivity index (χ0v) is 11.7. The van der Waals surface area contributed by atoms with E-state index < -0.39 is 18.6 Å². The topological polar surface area (TPSA) is 49.8 Å². The molecule has 1 N–H and O–H groups in total. The van der Waals surface area contributed by atoms with Gasteiger partial charge in [0.05, 0.1) is 0 Å². The monoisotopic (exact) mass is 287 g/mol. The average Bonchev–Trinajstić information content (AvgIpc) is 2.38. The van der Waals surface area contributed by atoms with Crippen molar-refractivity contribution in [2.45, 2.75) is 39.0 Å². The molecule has 1 aromatic carbocycles. The number of para-hydroxylation sites is 1. The van der Waals surface area contributed by atoms with Crippen LogP contribution in [0.1, 0.15) is 31.9 Å². The molecule has 1 aromatic rings. The maximum Gasteiger partial charge on any atom is 0.387 e. The number of benzene rings is 1. The van der Waals surface area contributed by atoms with E-state index in [1.807, 2.05) is 0 Å². The van der Waals surface area contributed by atoms with Gasteiger partial charge in [0.25, 0.3) is 0 Å². The highest BCUT2D eigenvalue weighted by Crippen LogP contribution is 2.30. The van der Waals surface area contributed by atoms with Crippen molar-refractivity contribution >= 4 is 5.97 Å². The fourth-order valence-electron chi connectivity index (χ4n) is 2.16. The summed E-state index contributed by atoms with van der Waals surface area (Å²) in [5.41, 5.74) is 0.537. The Morgan fingerprint density at radius 2 is 2.00 bits per heavy atom. The molecule has 6 heteroatoms. The van der Waals surface area contributed by atoms with Crippen molar-refractivity contribution < 1.29 is 23.4 Å². The van der Waals surface area contributed by atoms with Crippen LogP contribution in [0.15, 0.2) is 24.3 Å². The maximum absolute atomic E-state index is 12.4. The maximum atomic E-state index is 12.4. The third-order valence-electron chi connectivity index (χ3n) is 3.36. The lowest BCUT2D eigenvalue weighted by Crippen LogP contribution is -2.39. The summed E-state index contributed by atoms with van der Waals surface area (Å²) in [6.07, 6.45) is 0.425. The van der Waals surface area contributed by atoms with E-state index in [0.29, 0.717) is 12.0 Å². The van der Waals surface area contributed by atoms with E-state index in [0.717, 1.165) is 0 Å². The number of hydrogen-bond acceptors (Lipinski definition) is 3. The molecule has 0 aliphatic carbocycles. The number of aliphatic carboxylic acids is 1. The van der Waals surface area contributed by atoms with Crippen molar-refractivity contribution in [2.75, 3.05) is 7.05 Å². The van der Waals surface area contributed by atoms with Gasteiger partial charge >= 0.3 is 12.6 Å². The Balaban J connectivity index is 3.01. The first kappa shape index (κ1) is 16.4. The van der Waals surface area contributed by atoms with Crippen LogP contribution in [0.3, 0.4) is 0 Å². The standard InChI is InChI=1S/C14H19F2NO3/c1-4-11(13(18)19)17(3)9(2)10-7-5-6-8-12(10)20-14(15)16/h5-9,11,14H,4H2,1-3H3,(H,18,19). The number of nitrogens with zero attached hydrogens (tertiary/aromatic N) is 1. The molecule has 0 fully saturated rings. The van der Waals surface area contributed by atoms with Crippen molar-refractivity contribution in [3.63, 3.8) is 0 Å². The molecule has 0 amide bonds. The number of ether oxygens (including phenoxy) is 1. The molecule has 20 heavy (non-hydrogen) atoms. The molecule has 4 nitrogen and oxygen atoms in total. The van der Waals surface area contributed by atoms with E-state index in [2.05, 4.69) is 4.74 Å². The van der Waals surface area contributed by atoms with Gasteiger partial charge in [-0.2, -0.15) is 8.78 Å². The fraction of sp³-hybridized carbons (Fsp3) is 0.500. The number of alkyl halides is 2. The van der Waals surface area contributed by atoms with E-state index in [-0.39, 0.29) is 11.8 Å². The number of halogens is 2. The molecule has 2 unspecified atom stereocenters. The van der Waals surface area contributed by atoms with Crippen LogP contribution in [0.2, 0.25) is 0 Å². The van der Waals surface area contributed by atoms with Gasteiger partial charge in [0.15, 0.2) is 0 Å². The Labute approximate surface area is 117 Å². The second-order valence-corrected chi connectivity index (χ2v) is 4.52. The third-order valence-corrected chi connectivity index (χ3v) is 3.36. The van der Waals surface area contributed by atoms with Gasteiger partial charge in [-0.3, -0.25) is 9.69 Å². The Morgan fingerprint density at radius 3 is 2.50 bits per heavy atom. The largest absolute Gasteiger partial charge is 0.480 e. The summed E-state index contributed by atoms with van der Waals surface area (Å²) in [5, 5.41) is 9.16. The van der Waals surface area contributed by atoms with Crippen LogP contribution in [0.25, 0.3) is 0 Å². The van der Waals surface area contributed by atoms with Crippen molar-refractivity contribution in [3.05, 3.63) is 29.8 Å². The predicted octanol–water partition coefficient (Wildman–Crippen LogP) is 3.14. The smallest absolute Gasteiger partial charge is 0.387 e. The van der Waals surface area contributed by atoms with E-state index in [4.69, 9.17) is 5.11 Å². The zero-order valence-electron chi connectivity index (χ0n) is 11.7. The summed E-state index contributed by atoms with van der Waals surface area (Å²) < 4.78 is 29.3. The highest BCUT2D eigenvalue weighted by Gasteiger charge is 2.27. The highest BCUT2D eigenvalue weighted by atomic mass is 19.3. The number of carboxylic acids is 1. The minimum Gasteiger partial charge on any atom is -0.480 e. The summed E-state index contributed by atoms with van der Waals surface area (Å²) in [4.78, 5) is 12.8. The molecule has 112 valence electrons. The van der Waals surface area contributed by atoms with E-state index in [1.165, 1.54) is 6.07 Å². The second-order valence-electron chi connectivity index (χ2n) is 4.52. The third kappa shape index (κ3) is 3.90. The van der Waals surface area contributed by atoms with E-state index >= 15 is 0 Å². The number of rotatable bonds is 7. The van der Waals surface area contributed by atoms with E-state index in [9.17, 15) is 13.6 Å². The summed E-state index contributed by atoms with van der Waals surface area (Å²) in [5.74, 6) is -0.865. The van der Waals surface area contributed by atoms with Crippen LogP contribution in [0.5, 0.6) is 5.75 Å². The molecule has 0 aliphatic heterocycles. The van der Waals surface area contributed by atoms with Crippen molar-refractivity contribution in [2.24, 2.45) is 0 Å². The molecular weight excluding hydrogens is 268 g/mol. The Hall–Kier alpha value is -1.69. The van der Waals surface area contributed by atoms with Crippen molar-refractivity contribution in [1.82, 2.24) is 4.90 Å². The van der Waals surface area contributed by atoms with E-state index in [1.54, 1.807) is 44.0 Å². The van der Waals surface area contributed by atoms with Crippen LogP contribution >= 0.6 is 0 Å². The first-order valence-corrected chi connectivity index (χ1v) is 6.37. The normalized spacial score (nSPS) is 14.3. The number of carboxylic acid groups (broad SMARTS) is 1. The van der Waals surface area contributed by atoms with Gasteiger partial charge < -0.3 is 9.84 Å². The fourth-order valence-corrected chi connectivity index (χ4v) is 2.16. The first-order chi connectivity index (χ1) is 9.38. The summed E-state index contributed by atoms with van der Waals surface area (Å²) in [6, 6.07) is 5.39. The molecule has 0 spiro atoms. The quantitative estimate of drug-likeness (QED) is 0.837. The zero-order chi connectivity index (χ0) is 15.3. The molecule has 2 atom stereocenters. The van der Waals surface area contributed by atoms with Crippen LogP contribution in [0.4, 0.5) is 8.78 Å². The molecule has 1 rings (SSSR count). The lowest BCUT2D eigenvalue weighted by atomic mass is 10.0. The minimum atomic E-state index is -2.91. The molecule has 0 saturated carbocycles. The van der Waals surface area contributed by atoms with Gasteiger partial charge in [-0.25, -0.2) is 0 Å². The average molecular weight is 287 g/mol. The van der Waals surface area contributed by atoms with Crippen molar-refractivity contribution in [3.8, 4) is 5.75 Å². The van der Waals surface area contributed by atoms with Crippen molar-refractivity contribution in [1.29, 1.82) is 0 Å². The Morgan fingerprint density at radius 1 is 1.40 bits per heavy atom. The lowest BCUT2D eigenvalue weighted by Gasteiger charge is -2.31. The van der Waals surface area contributed by atoms with Crippen LogP contribution in [0, 0.1) is 0 Å². The molecule has 0 bridgehead atoms. The Bertz CT molecular complexity index is 454. The Kier molecular flexibility index (Phi) is 5.88. The SMILES string of the molecule is CCC(C(=O)O)N(C)C(C)c1ccccc1OC(F)F. The molecule has 0 heterocycles. The summed E-state index contributed by atoms with van der Waals surface area (Å²) >= 11 is 0. The predicted molar refractivity (Wildman–Crippen MR) is 71.0 cm³/mol. The molecule has 0 aromatic heterocycles. The lowest BCUT2D eigenvalue weighted by molar-refractivity contribution is -0.143. The molecule has 0 aliphatic rings. The highest BCUT2D eigenvalue weighted by molar-refractivity contribution is 5.73. The second kappa shape index (κ2) is 7.19. The van der Waals surface area contributed by atoms with Gasteiger partial charge in [-0.05, 0) is 26.5 Å². The van der Waals surface area contributed by atoms with Crippen LogP contribution in [-0.2, 0) is 4.79 Å². The number of carbonyl (C=O) groups is 1. The minimum absolute atomic E-state index is 0.0714. The molecule has 0 saturated heterocycles. The summed E-state index contributed by atoms with van der Waals surface area (Å²) in [7, 11) is 1.66. The number of likely N-dealkylation sites (N-methyl/N-ethyl adjacent to an activating group) is 1.